The fourth-order valence-corrected chi connectivity index (χ4v) is 3.03. The van der Waals surface area contributed by atoms with Crippen molar-refractivity contribution in [3.63, 3.8) is 0 Å². The molecule has 0 aromatic heterocycles. The van der Waals surface area contributed by atoms with Gasteiger partial charge in [0.1, 0.15) is 5.78 Å². The zero-order chi connectivity index (χ0) is 8.43. The Hall–Kier alpha value is 0.0200. The molecule has 64 valence electrons. The van der Waals surface area contributed by atoms with Crippen LogP contribution in [0, 0.1) is 5.92 Å². The first-order chi connectivity index (χ1) is 5.15. The van der Waals surface area contributed by atoms with Gasteiger partial charge in [-0.1, -0.05) is 20.8 Å². The monoisotopic (exact) mass is 172 g/mol. The molecule has 2 heteroatoms. The lowest BCUT2D eigenvalue weighted by Crippen LogP contribution is -2.31. The van der Waals surface area contributed by atoms with Crippen molar-refractivity contribution in [3.8, 4) is 0 Å². The Labute approximate surface area is 72.9 Å². The Morgan fingerprint density at radius 3 is 2.73 bits per heavy atom. The highest BCUT2D eigenvalue weighted by Gasteiger charge is 2.30. The minimum absolute atomic E-state index is 0.293. The van der Waals surface area contributed by atoms with Gasteiger partial charge in [0.2, 0.25) is 0 Å². The first-order valence-corrected chi connectivity index (χ1v) is 5.27. The molecule has 1 rings (SSSR count). The van der Waals surface area contributed by atoms with Crippen molar-refractivity contribution < 1.29 is 4.79 Å². The molecule has 0 aliphatic carbocycles. The van der Waals surface area contributed by atoms with E-state index in [9.17, 15) is 4.79 Å². The van der Waals surface area contributed by atoms with Crippen molar-refractivity contribution in [2.24, 2.45) is 5.92 Å². The molecule has 1 fully saturated rings. The van der Waals surface area contributed by atoms with Crippen LogP contribution in [0.15, 0.2) is 0 Å². The van der Waals surface area contributed by atoms with Crippen molar-refractivity contribution in [1.29, 1.82) is 0 Å². The van der Waals surface area contributed by atoms with Gasteiger partial charge in [0.05, 0.1) is 0 Å². The lowest BCUT2D eigenvalue weighted by molar-refractivity contribution is -0.122. The van der Waals surface area contributed by atoms with Crippen LogP contribution < -0.4 is 0 Å². The fraction of sp³-hybridized carbons (Fsp3) is 0.889. The number of Topliss-reactive ketones (excluding diaryl/α,β-unsaturated/α-hetero) is 1. The van der Waals surface area contributed by atoms with Gasteiger partial charge in [-0.3, -0.25) is 4.79 Å². The average molecular weight is 172 g/mol. The summed E-state index contributed by atoms with van der Waals surface area (Å²) >= 11 is 1.98. The van der Waals surface area contributed by atoms with Gasteiger partial charge in [-0.15, -0.1) is 0 Å². The number of hydrogen-bond donors (Lipinski definition) is 0. The van der Waals surface area contributed by atoms with E-state index in [1.807, 2.05) is 11.8 Å². The number of carbonyl (C=O) groups excluding carboxylic acids is 1. The maximum Gasteiger partial charge on any atom is 0.137 e. The lowest BCUT2D eigenvalue weighted by atomic mass is 9.96. The van der Waals surface area contributed by atoms with Crippen LogP contribution in [0.2, 0.25) is 0 Å². The molecule has 1 heterocycles. The molecule has 0 radical (unpaired) electrons. The van der Waals surface area contributed by atoms with E-state index in [2.05, 4.69) is 20.8 Å². The topological polar surface area (TPSA) is 17.1 Å². The van der Waals surface area contributed by atoms with Crippen LogP contribution in [0.1, 0.15) is 33.6 Å². The largest absolute Gasteiger partial charge is 0.299 e. The SMILES string of the molecule is CC[C@H]1S[C@@H](C)CC(=O)[C@H]1C. The van der Waals surface area contributed by atoms with Gasteiger partial charge in [-0.25, -0.2) is 0 Å². The van der Waals surface area contributed by atoms with Crippen molar-refractivity contribution >= 4 is 17.5 Å². The third kappa shape index (κ3) is 1.98. The van der Waals surface area contributed by atoms with Crippen LogP contribution in [0.4, 0.5) is 0 Å². The molecule has 0 bridgehead atoms. The first-order valence-electron chi connectivity index (χ1n) is 4.33. The van der Waals surface area contributed by atoms with Gasteiger partial charge < -0.3 is 0 Å². The molecular formula is C9H16OS. The molecule has 0 amide bonds. The van der Waals surface area contributed by atoms with Crippen molar-refractivity contribution in [3.05, 3.63) is 0 Å². The van der Waals surface area contributed by atoms with Gasteiger partial charge in [-0.05, 0) is 6.42 Å². The summed E-state index contributed by atoms with van der Waals surface area (Å²) in [6.07, 6.45) is 1.91. The standard InChI is InChI=1S/C9H16OS/c1-4-9-7(3)8(10)5-6(2)11-9/h6-7,9H,4-5H2,1-3H3/t6-,7+,9+/m0/s1. The predicted octanol–water partition coefficient (Wildman–Crippen LogP) is 2.50. The number of hydrogen-bond acceptors (Lipinski definition) is 2. The van der Waals surface area contributed by atoms with Crippen LogP contribution in [-0.2, 0) is 4.79 Å². The molecule has 11 heavy (non-hydrogen) atoms. The summed E-state index contributed by atoms with van der Waals surface area (Å²) in [4.78, 5) is 11.4. The molecule has 1 aliphatic rings. The summed E-state index contributed by atoms with van der Waals surface area (Å²) in [5.41, 5.74) is 0. The number of rotatable bonds is 1. The van der Waals surface area contributed by atoms with E-state index in [1.54, 1.807) is 0 Å². The number of ketones is 1. The minimum atomic E-state index is 0.293. The molecule has 0 aromatic carbocycles. The van der Waals surface area contributed by atoms with E-state index in [4.69, 9.17) is 0 Å². The maximum absolute atomic E-state index is 11.4. The second-order valence-corrected chi connectivity index (χ2v) is 5.03. The van der Waals surface area contributed by atoms with Gasteiger partial charge in [-0.2, -0.15) is 11.8 Å². The van der Waals surface area contributed by atoms with Crippen molar-refractivity contribution in [2.75, 3.05) is 0 Å². The highest BCUT2D eigenvalue weighted by Crippen LogP contribution is 2.34. The van der Waals surface area contributed by atoms with E-state index in [1.165, 1.54) is 0 Å². The van der Waals surface area contributed by atoms with Crippen molar-refractivity contribution in [2.45, 2.75) is 44.1 Å². The Morgan fingerprint density at radius 1 is 1.55 bits per heavy atom. The molecule has 0 N–H and O–H groups in total. The van der Waals surface area contributed by atoms with E-state index in [0.717, 1.165) is 12.8 Å². The van der Waals surface area contributed by atoms with E-state index in [-0.39, 0.29) is 0 Å². The number of thioether (sulfide) groups is 1. The fourth-order valence-electron chi connectivity index (χ4n) is 1.59. The van der Waals surface area contributed by atoms with Crippen LogP contribution in [0.25, 0.3) is 0 Å². The summed E-state index contributed by atoms with van der Waals surface area (Å²) in [6, 6.07) is 0. The van der Waals surface area contributed by atoms with Gasteiger partial charge >= 0.3 is 0 Å². The normalized spacial score (nSPS) is 39.2. The Morgan fingerprint density at radius 2 is 2.18 bits per heavy atom. The van der Waals surface area contributed by atoms with E-state index in [0.29, 0.717) is 22.2 Å². The van der Waals surface area contributed by atoms with Crippen LogP contribution in [0.3, 0.4) is 0 Å². The van der Waals surface area contributed by atoms with Gasteiger partial charge in [0.25, 0.3) is 0 Å². The quantitative estimate of drug-likeness (QED) is 0.604. The third-order valence-corrected chi connectivity index (χ3v) is 4.09. The minimum Gasteiger partial charge on any atom is -0.299 e. The van der Waals surface area contributed by atoms with Crippen LogP contribution in [-0.4, -0.2) is 16.3 Å². The highest BCUT2D eigenvalue weighted by molar-refractivity contribution is 8.00. The molecule has 1 aliphatic heterocycles. The summed E-state index contributed by atoms with van der Waals surface area (Å²) in [5, 5.41) is 1.12. The molecule has 0 spiro atoms. The predicted molar refractivity (Wildman–Crippen MR) is 49.9 cm³/mol. The molecule has 1 saturated heterocycles. The summed E-state index contributed by atoms with van der Waals surface area (Å²) in [5.74, 6) is 0.754. The summed E-state index contributed by atoms with van der Waals surface area (Å²) in [6.45, 7) is 6.38. The molecule has 0 unspecified atom stereocenters. The average Bonchev–Trinajstić information content (AvgIpc) is 1.96. The third-order valence-electron chi connectivity index (χ3n) is 2.36. The first kappa shape index (κ1) is 9.11. The van der Waals surface area contributed by atoms with Crippen molar-refractivity contribution in [1.82, 2.24) is 0 Å². The Kier molecular flexibility index (Phi) is 2.99. The Balaban J connectivity index is 2.58. The molecule has 0 aromatic rings. The van der Waals surface area contributed by atoms with Crippen LogP contribution >= 0.6 is 11.8 Å². The lowest BCUT2D eigenvalue weighted by Gasteiger charge is -2.30. The van der Waals surface area contributed by atoms with Gasteiger partial charge in [0, 0.05) is 22.8 Å². The summed E-state index contributed by atoms with van der Waals surface area (Å²) in [7, 11) is 0. The molecule has 3 atom stereocenters. The van der Waals surface area contributed by atoms with E-state index < -0.39 is 0 Å². The maximum atomic E-state index is 11.4. The molecule has 0 saturated carbocycles. The smallest absolute Gasteiger partial charge is 0.137 e. The Bertz CT molecular complexity index is 156. The van der Waals surface area contributed by atoms with Gasteiger partial charge in [0.15, 0.2) is 0 Å². The molecular weight excluding hydrogens is 156 g/mol. The summed E-state index contributed by atoms with van der Waals surface area (Å²) < 4.78 is 0. The second-order valence-electron chi connectivity index (χ2n) is 3.35. The number of carbonyl (C=O) groups is 1. The second kappa shape index (κ2) is 3.61. The van der Waals surface area contributed by atoms with E-state index >= 15 is 0 Å². The zero-order valence-corrected chi connectivity index (χ0v) is 8.28. The zero-order valence-electron chi connectivity index (χ0n) is 7.46. The highest BCUT2D eigenvalue weighted by atomic mass is 32.2. The molecule has 1 nitrogen and oxygen atoms in total. The van der Waals surface area contributed by atoms with Crippen LogP contribution in [0.5, 0.6) is 0 Å².